The maximum atomic E-state index is 11.8. The molecule has 0 saturated heterocycles. The molecule has 1 aromatic rings. The Morgan fingerprint density at radius 3 is 2.53 bits per heavy atom. The SMILES string of the molecule is CCC(C#N)[Se]C(=O)c1ccc(C)cc1. The van der Waals surface area contributed by atoms with Crippen molar-refractivity contribution in [3.05, 3.63) is 35.4 Å². The monoisotopic (exact) mass is 267 g/mol. The Labute approximate surface area is 96.5 Å². The zero-order valence-corrected chi connectivity index (χ0v) is 10.6. The molecule has 0 amide bonds. The quantitative estimate of drug-likeness (QED) is 0.786. The van der Waals surface area contributed by atoms with Gasteiger partial charge in [-0.2, -0.15) is 0 Å². The first-order valence-electron chi connectivity index (χ1n) is 4.84. The van der Waals surface area contributed by atoms with Crippen molar-refractivity contribution < 1.29 is 4.79 Å². The van der Waals surface area contributed by atoms with Crippen molar-refractivity contribution >= 4 is 19.6 Å². The molecule has 0 aromatic heterocycles. The van der Waals surface area contributed by atoms with E-state index >= 15 is 0 Å². The van der Waals surface area contributed by atoms with Gasteiger partial charge in [0.15, 0.2) is 0 Å². The molecule has 2 nitrogen and oxygen atoms in total. The Bertz CT molecular complexity index is 378. The van der Waals surface area contributed by atoms with Crippen LogP contribution in [0.2, 0.25) is 4.82 Å². The minimum absolute atomic E-state index is 0.0914. The predicted molar refractivity (Wildman–Crippen MR) is 60.9 cm³/mol. The van der Waals surface area contributed by atoms with Crippen LogP contribution >= 0.6 is 0 Å². The molecule has 1 atom stereocenters. The molecule has 0 aliphatic carbocycles. The second-order valence-electron chi connectivity index (χ2n) is 3.30. The van der Waals surface area contributed by atoms with Gasteiger partial charge in [0, 0.05) is 0 Å². The summed E-state index contributed by atoms with van der Waals surface area (Å²) in [6.07, 6.45) is 0.758. The molecule has 0 bridgehead atoms. The van der Waals surface area contributed by atoms with Crippen molar-refractivity contribution in [2.75, 3.05) is 0 Å². The van der Waals surface area contributed by atoms with E-state index in [1.54, 1.807) is 0 Å². The third-order valence-corrected chi connectivity index (χ3v) is 4.51. The van der Waals surface area contributed by atoms with Gasteiger partial charge in [-0.1, -0.05) is 0 Å². The van der Waals surface area contributed by atoms with Crippen LogP contribution in [0.25, 0.3) is 0 Å². The molecule has 3 heteroatoms. The first kappa shape index (κ1) is 12.0. The molecular formula is C12H13NOSe. The van der Waals surface area contributed by atoms with Gasteiger partial charge in [-0.25, -0.2) is 0 Å². The molecule has 0 heterocycles. The zero-order valence-electron chi connectivity index (χ0n) is 8.86. The first-order valence-corrected chi connectivity index (χ1v) is 6.69. The summed E-state index contributed by atoms with van der Waals surface area (Å²) in [6.45, 7) is 3.93. The molecule has 15 heavy (non-hydrogen) atoms. The van der Waals surface area contributed by atoms with Gasteiger partial charge in [-0.15, -0.1) is 0 Å². The number of aryl methyl sites for hydroxylation is 1. The molecule has 0 aliphatic heterocycles. The molecular weight excluding hydrogens is 253 g/mol. The summed E-state index contributed by atoms with van der Waals surface area (Å²) in [4.78, 5) is 11.7. The number of carbonyl (C=O) groups excluding carboxylic acids is 1. The van der Waals surface area contributed by atoms with Crippen LogP contribution in [0.3, 0.4) is 0 Å². The summed E-state index contributed by atoms with van der Waals surface area (Å²) in [5, 5.41) is 8.78. The van der Waals surface area contributed by atoms with Gasteiger partial charge in [0.1, 0.15) is 0 Å². The molecule has 0 N–H and O–H groups in total. The Balaban J connectivity index is 2.70. The van der Waals surface area contributed by atoms with Crippen LogP contribution in [0, 0.1) is 18.3 Å². The van der Waals surface area contributed by atoms with Gasteiger partial charge in [-0.3, -0.25) is 0 Å². The van der Waals surface area contributed by atoms with Crippen LogP contribution in [-0.4, -0.2) is 19.6 Å². The minimum atomic E-state index is -0.251. The zero-order chi connectivity index (χ0) is 11.3. The molecule has 1 rings (SSSR count). The van der Waals surface area contributed by atoms with Gasteiger partial charge >= 0.3 is 96.2 Å². The van der Waals surface area contributed by atoms with Crippen molar-refractivity contribution in [2.45, 2.75) is 25.1 Å². The maximum absolute atomic E-state index is 11.8. The Hall–Kier alpha value is -1.10. The summed E-state index contributed by atoms with van der Waals surface area (Å²) >= 11 is -0.251. The Morgan fingerprint density at radius 1 is 1.47 bits per heavy atom. The Morgan fingerprint density at radius 2 is 2.07 bits per heavy atom. The van der Waals surface area contributed by atoms with Gasteiger partial charge in [0.25, 0.3) is 0 Å². The van der Waals surface area contributed by atoms with E-state index in [2.05, 4.69) is 6.07 Å². The fraction of sp³-hybridized carbons (Fsp3) is 0.333. The van der Waals surface area contributed by atoms with Crippen molar-refractivity contribution in [3.8, 4) is 6.07 Å². The van der Waals surface area contributed by atoms with Crippen LogP contribution in [0.4, 0.5) is 0 Å². The fourth-order valence-electron chi connectivity index (χ4n) is 1.09. The van der Waals surface area contributed by atoms with Crippen molar-refractivity contribution in [1.29, 1.82) is 5.26 Å². The number of nitrogens with zero attached hydrogens (tertiary/aromatic N) is 1. The van der Waals surface area contributed by atoms with Crippen LogP contribution in [0.15, 0.2) is 24.3 Å². The second kappa shape index (κ2) is 5.70. The van der Waals surface area contributed by atoms with E-state index in [1.807, 2.05) is 38.1 Å². The first-order chi connectivity index (χ1) is 7.17. The normalized spacial score (nSPS) is 11.8. The Kier molecular flexibility index (Phi) is 4.55. The number of nitriles is 1. The van der Waals surface area contributed by atoms with E-state index in [1.165, 1.54) is 0 Å². The molecule has 78 valence electrons. The van der Waals surface area contributed by atoms with E-state index in [0.29, 0.717) is 0 Å². The molecule has 1 unspecified atom stereocenters. The van der Waals surface area contributed by atoms with Crippen molar-refractivity contribution in [2.24, 2.45) is 0 Å². The van der Waals surface area contributed by atoms with Gasteiger partial charge in [-0.05, 0) is 0 Å². The van der Waals surface area contributed by atoms with Crippen LogP contribution in [0.1, 0.15) is 29.3 Å². The van der Waals surface area contributed by atoms with E-state index in [9.17, 15) is 4.79 Å². The molecule has 0 aliphatic rings. The fourth-order valence-corrected chi connectivity index (χ4v) is 2.66. The summed E-state index contributed by atoms with van der Waals surface area (Å²) in [7, 11) is 0. The number of hydrogen-bond donors (Lipinski definition) is 0. The molecule has 0 saturated carbocycles. The van der Waals surface area contributed by atoms with Crippen molar-refractivity contribution in [1.82, 2.24) is 0 Å². The standard InChI is InChI=1S/C12H13NOSe/c1-3-11(8-13)15-12(14)10-6-4-9(2)5-7-10/h4-7,11H,3H2,1-2H3. The summed E-state index contributed by atoms with van der Waals surface area (Å²) in [5.74, 6) is 0. The van der Waals surface area contributed by atoms with Gasteiger partial charge in [0.05, 0.1) is 0 Å². The number of rotatable bonds is 4. The third kappa shape index (κ3) is 3.51. The van der Waals surface area contributed by atoms with Crippen LogP contribution in [-0.2, 0) is 0 Å². The molecule has 0 fully saturated rings. The molecule has 1 aromatic carbocycles. The number of carbonyl (C=O) groups is 1. The molecule has 0 spiro atoms. The number of benzene rings is 1. The van der Waals surface area contributed by atoms with Gasteiger partial charge in [0.2, 0.25) is 0 Å². The van der Waals surface area contributed by atoms with E-state index in [-0.39, 0.29) is 24.5 Å². The average Bonchev–Trinajstić information content (AvgIpc) is 2.26. The van der Waals surface area contributed by atoms with Crippen LogP contribution < -0.4 is 0 Å². The topological polar surface area (TPSA) is 40.9 Å². The molecule has 0 radical (unpaired) electrons. The summed E-state index contributed by atoms with van der Waals surface area (Å²) in [5.41, 5.74) is 1.88. The third-order valence-electron chi connectivity index (χ3n) is 2.05. The van der Waals surface area contributed by atoms with Crippen LogP contribution in [0.5, 0.6) is 0 Å². The summed E-state index contributed by atoms with van der Waals surface area (Å²) < 4.78 is 0.121. The average molecular weight is 266 g/mol. The van der Waals surface area contributed by atoms with E-state index in [0.717, 1.165) is 17.5 Å². The number of hydrogen-bond acceptors (Lipinski definition) is 2. The van der Waals surface area contributed by atoms with Crippen molar-refractivity contribution in [3.63, 3.8) is 0 Å². The van der Waals surface area contributed by atoms with E-state index in [4.69, 9.17) is 5.26 Å². The van der Waals surface area contributed by atoms with E-state index < -0.39 is 0 Å². The predicted octanol–water partition coefficient (Wildman–Crippen LogP) is 2.56. The summed E-state index contributed by atoms with van der Waals surface area (Å²) in [6, 6.07) is 9.70. The second-order valence-corrected chi connectivity index (χ2v) is 5.76. The van der Waals surface area contributed by atoms with Gasteiger partial charge < -0.3 is 0 Å².